The summed E-state index contributed by atoms with van der Waals surface area (Å²) < 4.78 is 0. The molecule has 0 saturated heterocycles. The van der Waals surface area contributed by atoms with Crippen LogP contribution in [0.1, 0.15) is 11.1 Å². The highest BCUT2D eigenvalue weighted by atomic mass is 16.4. The molecule has 2 N–H and O–H groups in total. The van der Waals surface area contributed by atoms with E-state index >= 15 is 0 Å². The molecule has 100 valence electrons. The van der Waals surface area contributed by atoms with Gasteiger partial charge in [-0.05, 0) is 35.2 Å². The van der Waals surface area contributed by atoms with Gasteiger partial charge < -0.3 is 10.1 Å². The Bertz CT molecular complexity index is 787. The number of nitrogens with one attached hydrogen (secondary N) is 1. The average Bonchev–Trinajstić information content (AvgIpc) is 2.81. The lowest BCUT2D eigenvalue weighted by Crippen LogP contribution is -1.98. The fourth-order valence-corrected chi connectivity index (χ4v) is 2.56. The summed E-state index contributed by atoms with van der Waals surface area (Å²) in [6, 6.07) is 14.3. The molecule has 0 aliphatic carbocycles. The number of hydrogen-bond donors (Lipinski definition) is 2. The van der Waals surface area contributed by atoms with Gasteiger partial charge in [-0.1, -0.05) is 36.4 Å². The number of aromatic amines is 1. The van der Waals surface area contributed by atoms with Crippen molar-refractivity contribution in [2.45, 2.75) is 13.3 Å². The molecule has 0 fully saturated rings. The zero-order valence-electron chi connectivity index (χ0n) is 11.2. The molecule has 3 nitrogen and oxygen atoms in total. The Hall–Kier alpha value is -2.55. The zero-order valence-corrected chi connectivity index (χ0v) is 11.2. The molecule has 3 rings (SSSR count). The van der Waals surface area contributed by atoms with Crippen LogP contribution in [-0.4, -0.2) is 16.1 Å². The number of benzene rings is 2. The van der Waals surface area contributed by atoms with Crippen molar-refractivity contribution >= 4 is 16.9 Å². The molecule has 0 aliphatic rings. The number of H-pyrrole nitrogens is 1. The Labute approximate surface area is 116 Å². The molecule has 0 unspecified atom stereocenters. The van der Waals surface area contributed by atoms with Gasteiger partial charge in [0.05, 0.1) is 6.42 Å². The Balaban J connectivity index is 2.09. The van der Waals surface area contributed by atoms with Crippen LogP contribution in [0.4, 0.5) is 0 Å². The van der Waals surface area contributed by atoms with Crippen molar-refractivity contribution in [1.82, 2.24) is 4.98 Å². The van der Waals surface area contributed by atoms with Gasteiger partial charge in [0.1, 0.15) is 0 Å². The third-order valence-electron chi connectivity index (χ3n) is 3.57. The van der Waals surface area contributed by atoms with Crippen molar-refractivity contribution in [2.24, 2.45) is 0 Å². The minimum Gasteiger partial charge on any atom is -0.481 e. The number of carboxylic acids is 1. The lowest BCUT2D eigenvalue weighted by Gasteiger charge is -2.06. The number of rotatable bonds is 3. The van der Waals surface area contributed by atoms with Gasteiger partial charge in [0.15, 0.2) is 0 Å². The predicted octanol–water partition coefficient (Wildman–Crippen LogP) is 3.77. The first-order valence-corrected chi connectivity index (χ1v) is 6.53. The zero-order chi connectivity index (χ0) is 14.1. The molecule has 0 spiro atoms. The number of aryl methyl sites for hydroxylation is 1. The first kappa shape index (κ1) is 12.5. The van der Waals surface area contributed by atoms with E-state index in [9.17, 15) is 4.79 Å². The topological polar surface area (TPSA) is 53.1 Å². The first-order chi connectivity index (χ1) is 9.65. The van der Waals surface area contributed by atoms with Crippen LogP contribution in [0, 0.1) is 6.92 Å². The van der Waals surface area contributed by atoms with E-state index in [4.69, 9.17) is 5.11 Å². The monoisotopic (exact) mass is 265 g/mol. The molecule has 0 saturated carbocycles. The summed E-state index contributed by atoms with van der Waals surface area (Å²) in [7, 11) is 0. The molecule has 0 radical (unpaired) electrons. The van der Waals surface area contributed by atoms with Gasteiger partial charge in [-0.3, -0.25) is 4.79 Å². The maximum Gasteiger partial charge on any atom is 0.307 e. The fraction of sp³-hybridized carbons (Fsp3) is 0.118. The van der Waals surface area contributed by atoms with E-state index in [2.05, 4.69) is 30.1 Å². The van der Waals surface area contributed by atoms with E-state index in [0.717, 1.165) is 22.0 Å². The van der Waals surface area contributed by atoms with Gasteiger partial charge in [-0.2, -0.15) is 0 Å². The molecule has 0 bridgehead atoms. The van der Waals surface area contributed by atoms with E-state index in [0.29, 0.717) is 0 Å². The number of carboxylic acid groups (broad SMARTS) is 1. The van der Waals surface area contributed by atoms with Crippen molar-refractivity contribution in [2.75, 3.05) is 0 Å². The molecule has 3 aromatic rings. The summed E-state index contributed by atoms with van der Waals surface area (Å²) in [6.45, 7) is 2.09. The van der Waals surface area contributed by atoms with Gasteiger partial charge in [0, 0.05) is 17.1 Å². The largest absolute Gasteiger partial charge is 0.481 e. The molecule has 1 heterocycles. The number of fused-ring (bicyclic) bond motifs is 1. The molecule has 2 aromatic carbocycles. The van der Waals surface area contributed by atoms with Gasteiger partial charge in [0.25, 0.3) is 0 Å². The predicted molar refractivity (Wildman–Crippen MR) is 79.8 cm³/mol. The van der Waals surface area contributed by atoms with Crippen LogP contribution >= 0.6 is 0 Å². The van der Waals surface area contributed by atoms with Crippen LogP contribution in [0.2, 0.25) is 0 Å². The molecular formula is C17H15NO2. The van der Waals surface area contributed by atoms with Gasteiger partial charge in [-0.15, -0.1) is 0 Å². The maximum atomic E-state index is 10.8. The van der Waals surface area contributed by atoms with E-state index in [1.165, 1.54) is 11.1 Å². The summed E-state index contributed by atoms with van der Waals surface area (Å²) in [6.07, 6.45) is 1.82. The third kappa shape index (κ3) is 2.18. The van der Waals surface area contributed by atoms with Crippen LogP contribution in [-0.2, 0) is 11.2 Å². The number of hydrogen-bond acceptors (Lipinski definition) is 1. The summed E-state index contributed by atoms with van der Waals surface area (Å²) in [5.41, 5.74) is 5.36. The summed E-state index contributed by atoms with van der Waals surface area (Å²) >= 11 is 0. The van der Waals surface area contributed by atoms with Crippen molar-refractivity contribution in [1.29, 1.82) is 0 Å². The van der Waals surface area contributed by atoms with Crippen LogP contribution in [0.25, 0.3) is 22.0 Å². The molecular weight excluding hydrogens is 250 g/mol. The minimum absolute atomic E-state index is 0.0453. The Morgan fingerprint density at radius 1 is 1.20 bits per heavy atom. The Kier molecular flexibility index (Phi) is 3.03. The maximum absolute atomic E-state index is 10.8. The standard InChI is InChI=1S/C17H15NO2/c1-11-4-2-3-5-14(11)12-6-7-15-13(9-17(19)20)10-18-16(15)8-12/h2-8,10,18H,9H2,1H3,(H,19,20). The normalized spacial score (nSPS) is 10.8. The SMILES string of the molecule is Cc1ccccc1-c1ccc2c(CC(=O)O)c[nH]c2c1. The molecule has 1 aromatic heterocycles. The van der Waals surface area contributed by atoms with Crippen LogP contribution in [0.5, 0.6) is 0 Å². The highest BCUT2D eigenvalue weighted by Gasteiger charge is 2.09. The van der Waals surface area contributed by atoms with Gasteiger partial charge >= 0.3 is 5.97 Å². The summed E-state index contributed by atoms with van der Waals surface area (Å²) in [5, 5.41) is 9.88. The van der Waals surface area contributed by atoms with Gasteiger partial charge in [-0.25, -0.2) is 0 Å². The Morgan fingerprint density at radius 3 is 2.75 bits per heavy atom. The fourth-order valence-electron chi connectivity index (χ4n) is 2.56. The van der Waals surface area contributed by atoms with E-state index in [1.54, 1.807) is 6.20 Å². The molecule has 0 aliphatic heterocycles. The molecule has 3 heteroatoms. The van der Waals surface area contributed by atoms with Crippen molar-refractivity contribution < 1.29 is 9.90 Å². The lowest BCUT2D eigenvalue weighted by molar-refractivity contribution is -0.136. The van der Waals surface area contributed by atoms with E-state index in [1.807, 2.05) is 24.3 Å². The van der Waals surface area contributed by atoms with Crippen molar-refractivity contribution in [3.8, 4) is 11.1 Å². The molecule has 20 heavy (non-hydrogen) atoms. The number of aromatic nitrogens is 1. The second-order valence-corrected chi connectivity index (χ2v) is 4.96. The van der Waals surface area contributed by atoms with Crippen LogP contribution in [0.3, 0.4) is 0 Å². The van der Waals surface area contributed by atoms with Crippen molar-refractivity contribution in [3.05, 3.63) is 59.8 Å². The van der Waals surface area contributed by atoms with E-state index < -0.39 is 5.97 Å². The smallest absolute Gasteiger partial charge is 0.307 e. The lowest BCUT2D eigenvalue weighted by atomic mass is 9.99. The third-order valence-corrected chi connectivity index (χ3v) is 3.57. The summed E-state index contributed by atoms with van der Waals surface area (Å²) in [4.78, 5) is 14.0. The second-order valence-electron chi connectivity index (χ2n) is 4.96. The quantitative estimate of drug-likeness (QED) is 0.757. The highest BCUT2D eigenvalue weighted by Crippen LogP contribution is 2.28. The second kappa shape index (κ2) is 4.85. The number of aliphatic carboxylic acids is 1. The number of carbonyl (C=O) groups is 1. The van der Waals surface area contributed by atoms with Crippen LogP contribution in [0.15, 0.2) is 48.7 Å². The van der Waals surface area contributed by atoms with E-state index in [-0.39, 0.29) is 6.42 Å². The van der Waals surface area contributed by atoms with Crippen LogP contribution < -0.4 is 0 Å². The van der Waals surface area contributed by atoms with Crippen molar-refractivity contribution in [3.63, 3.8) is 0 Å². The minimum atomic E-state index is -0.811. The Morgan fingerprint density at radius 2 is 2.00 bits per heavy atom. The summed E-state index contributed by atoms with van der Waals surface area (Å²) in [5.74, 6) is -0.811. The average molecular weight is 265 g/mol. The molecule has 0 amide bonds. The van der Waals surface area contributed by atoms with Gasteiger partial charge in [0.2, 0.25) is 0 Å². The highest BCUT2D eigenvalue weighted by molar-refractivity contribution is 5.90. The first-order valence-electron chi connectivity index (χ1n) is 6.53. The molecule has 0 atom stereocenters.